The van der Waals surface area contributed by atoms with E-state index >= 15 is 0 Å². The number of nitrogens with zero attached hydrogens (tertiary/aromatic N) is 2. The van der Waals surface area contributed by atoms with Gasteiger partial charge >= 0.3 is 0 Å². The van der Waals surface area contributed by atoms with Crippen LogP contribution in [-0.2, 0) is 4.79 Å². The second kappa shape index (κ2) is 6.89. The Morgan fingerprint density at radius 1 is 1.19 bits per heavy atom. The zero-order valence-electron chi connectivity index (χ0n) is 12.8. The summed E-state index contributed by atoms with van der Waals surface area (Å²) in [6.07, 6.45) is 0.719. The molecular formula is C16H24FN3O. The molecule has 1 saturated heterocycles. The van der Waals surface area contributed by atoms with Gasteiger partial charge in [-0.15, -0.1) is 0 Å². The van der Waals surface area contributed by atoms with Crippen LogP contribution in [0.15, 0.2) is 24.3 Å². The molecule has 4 nitrogen and oxygen atoms in total. The first kappa shape index (κ1) is 15.8. The lowest BCUT2D eigenvalue weighted by Gasteiger charge is -2.37. The maximum absolute atomic E-state index is 12.9. The van der Waals surface area contributed by atoms with E-state index in [1.807, 2.05) is 4.90 Å². The summed E-state index contributed by atoms with van der Waals surface area (Å²) in [5, 5.41) is 0. The molecule has 5 heteroatoms. The van der Waals surface area contributed by atoms with Crippen molar-refractivity contribution >= 4 is 11.6 Å². The predicted molar refractivity (Wildman–Crippen MR) is 82.6 cm³/mol. The van der Waals surface area contributed by atoms with Crippen LogP contribution in [0.25, 0.3) is 0 Å². The fourth-order valence-electron chi connectivity index (χ4n) is 2.68. The normalized spacial score (nSPS) is 17.2. The second-order valence-corrected chi connectivity index (χ2v) is 6.02. The lowest BCUT2D eigenvalue weighted by molar-refractivity contribution is -0.133. The van der Waals surface area contributed by atoms with E-state index in [4.69, 9.17) is 5.73 Å². The van der Waals surface area contributed by atoms with Crippen molar-refractivity contribution in [3.8, 4) is 0 Å². The number of rotatable bonds is 4. The lowest BCUT2D eigenvalue weighted by atomic mass is 10.0. The van der Waals surface area contributed by atoms with Gasteiger partial charge in [0, 0.05) is 31.9 Å². The highest BCUT2D eigenvalue weighted by atomic mass is 19.1. The van der Waals surface area contributed by atoms with E-state index in [0.29, 0.717) is 19.0 Å². The molecule has 1 fully saturated rings. The lowest BCUT2D eigenvalue weighted by Crippen LogP contribution is -2.53. The van der Waals surface area contributed by atoms with Gasteiger partial charge in [0.15, 0.2) is 0 Å². The first-order valence-electron chi connectivity index (χ1n) is 7.52. The van der Waals surface area contributed by atoms with Crippen molar-refractivity contribution in [2.24, 2.45) is 11.7 Å². The number of nitrogens with two attached hydrogens (primary N) is 1. The summed E-state index contributed by atoms with van der Waals surface area (Å²) in [6, 6.07) is 6.08. The number of halogens is 1. The molecule has 0 spiro atoms. The van der Waals surface area contributed by atoms with Crippen molar-refractivity contribution in [1.82, 2.24) is 4.90 Å². The van der Waals surface area contributed by atoms with Gasteiger partial charge in [-0.05, 0) is 36.6 Å². The standard InChI is InChI=1S/C16H24FN3O/c1-12(2)11-15(18)16(21)20-9-7-19(8-10-20)14-5-3-13(17)4-6-14/h3-6,12,15H,7-11,18H2,1-2H3/t15-/m0/s1. The van der Waals surface area contributed by atoms with Crippen molar-refractivity contribution < 1.29 is 9.18 Å². The summed E-state index contributed by atoms with van der Waals surface area (Å²) >= 11 is 0. The van der Waals surface area contributed by atoms with E-state index in [-0.39, 0.29) is 11.7 Å². The molecule has 1 aromatic rings. The van der Waals surface area contributed by atoms with Crippen LogP contribution in [-0.4, -0.2) is 43.0 Å². The fourth-order valence-corrected chi connectivity index (χ4v) is 2.68. The monoisotopic (exact) mass is 293 g/mol. The molecule has 1 amide bonds. The second-order valence-electron chi connectivity index (χ2n) is 6.02. The summed E-state index contributed by atoms with van der Waals surface area (Å²) < 4.78 is 12.9. The fraction of sp³-hybridized carbons (Fsp3) is 0.562. The number of carbonyl (C=O) groups excluding carboxylic acids is 1. The zero-order valence-corrected chi connectivity index (χ0v) is 12.8. The van der Waals surface area contributed by atoms with Crippen LogP contribution in [0.4, 0.5) is 10.1 Å². The minimum atomic E-state index is -0.401. The van der Waals surface area contributed by atoms with Gasteiger partial charge in [-0.1, -0.05) is 13.8 Å². The number of hydrogen-bond acceptors (Lipinski definition) is 3. The molecule has 2 rings (SSSR count). The molecule has 1 aliphatic rings. The molecule has 1 heterocycles. The third-order valence-electron chi connectivity index (χ3n) is 3.83. The molecule has 116 valence electrons. The number of benzene rings is 1. The number of piperazine rings is 1. The van der Waals surface area contributed by atoms with Crippen molar-refractivity contribution in [3.63, 3.8) is 0 Å². The van der Waals surface area contributed by atoms with Crippen LogP contribution in [0.3, 0.4) is 0 Å². The zero-order chi connectivity index (χ0) is 15.4. The van der Waals surface area contributed by atoms with E-state index in [1.165, 1.54) is 12.1 Å². The van der Waals surface area contributed by atoms with Crippen molar-refractivity contribution in [3.05, 3.63) is 30.1 Å². The Kier molecular flexibility index (Phi) is 5.17. The van der Waals surface area contributed by atoms with E-state index in [1.54, 1.807) is 12.1 Å². The molecule has 0 bridgehead atoms. The summed E-state index contributed by atoms with van der Waals surface area (Å²) in [5.41, 5.74) is 6.96. The predicted octanol–water partition coefficient (Wildman–Crippen LogP) is 1.85. The van der Waals surface area contributed by atoms with Crippen molar-refractivity contribution in [2.75, 3.05) is 31.1 Å². The van der Waals surface area contributed by atoms with Crippen LogP contribution in [0.5, 0.6) is 0 Å². The van der Waals surface area contributed by atoms with E-state index in [2.05, 4.69) is 18.7 Å². The molecule has 21 heavy (non-hydrogen) atoms. The Morgan fingerprint density at radius 3 is 2.29 bits per heavy atom. The first-order valence-corrected chi connectivity index (χ1v) is 7.52. The molecular weight excluding hydrogens is 269 g/mol. The number of anilines is 1. The Balaban J connectivity index is 1.88. The number of carbonyl (C=O) groups is 1. The average Bonchev–Trinajstić information content (AvgIpc) is 2.47. The highest BCUT2D eigenvalue weighted by Crippen LogP contribution is 2.17. The quantitative estimate of drug-likeness (QED) is 0.921. The minimum Gasteiger partial charge on any atom is -0.368 e. The maximum atomic E-state index is 12.9. The van der Waals surface area contributed by atoms with E-state index < -0.39 is 6.04 Å². The summed E-state index contributed by atoms with van der Waals surface area (Å²) in [5.74, 6) is 0.235. The number of amides is 1. The van der Waals surface area contributed by atoms with Crippen LogP contribution in [0, 0.1) is 11.7 Å². The van der Waals surface area contributed by atoms with Crippen molar-refractivity contribution in [1.29, 1.82) is 0 Å². The first-order chi connectivity index (χ1) is 9.97. The average molecular weight is 293 g/mol. The van der Waals surface area contributed by atoms with Crippen LogP contribution >= 0.6 is 0 Å². The van der Waals surface area contributed by atoms with Gasteiger partial charge in [0.25, 0.3) is 0 Å². The van der Waals surface area contributed by atoms with Gasteiger partial charge in [0.05, 0.1) is 6.04 Å². The largest absolute Gasteiger partial charge is 0.368 e. The molecule has 1 aromatic carbocycles. The minimum absolute atomic E-state index is 0.0439. The van der Waals surface area contributed by atoms with Gasteiger partial charge in [0.1, 0.15) is 5.82 Å². The molecule has 0 aromatic heterocycles. The van der Waals surface area contributed by atoms with Gasteiger partial charge in [-0.3, -0.25) is 4.79 Å². The Hall–Kier alpha value is -1.62. The highest BCUT2D eigenvalue weighted by molar-refractivity contribution is 5.82. The third-order valence-corrected chi connectivity index (χ3v) is 3.83. The Labute approximate surface area is 125 Å². The maximum Gasteiger partial charge on any atom is 0.239 e. The Morgan fingerprint density at radius 2 is 1.76 bits per heavy atom. The van der Waals surface area contributed by atoms with E-state index in [9.17, 15) is 9.18 Å². The SMILES string of the molecule is CC(C)C[C@H](N)C(=O)N1CCN(c2ccc(F)cc2)CC1. The topological polar surface area (TPSA) is 49.6 Å². The number of hydrogen-bond donors (Lipinski definition) is 1. The van der Waals surface area contributed by atoms with Crippen LogP contribution < -0.4 is 10.6 Å². The molecule has 1 aliphatic heterocycles. The Bertz CT molecular complexity index is 467. The molecule has 0 unspecified atom stereocenters. The molecule has 0 aliphatic carbocycles. The van der Waals surface area contributed by atoms with Crippen LogP contribution in [0.1, 0.15) is 20.3 Å². The summed E-state index contributed by atoms with van der Waals surface area (Å²) in [6.45, 7) is 6.99. The van der Waals surface area contributed by atoms with Gasteiger partial charge in [-0.25, -0.2) is 4.39 Å². The van der Waals surface area contributed by atoms with Crippen LogP contribution in [0.2, 0.25) is 0 Å². The van der Waals surface area contributed by atoms with E-state index in [0.717, 1.165) is 25.2 Å². The molecule has 0 saturated carbocycles. The van der Waals surface area contributed by atoms with Gasteiger partial charge in [-0.2, -0.15) is 0 Å². The van der Waals surface area contributed by atoms with Gasteiger partial charge < -0.3 is 15.5 Å². The summed E-state index contributed by atoms with van der Waals surface area (Å²) in [4.78, 5) is 16.3. The third kappa shape index (κ3) is 4.17. The van der Waals surface area contributed by atoms with Crippen molar-refractivity contribution in [2.45, 2.75) is 26.3 Å². The molecule has 1 atom stereocenters. The molecule has 0 radical (unpaired) electrons. The highest BCUT2D eigenvalue weighted by Gasteiger charge is 2.25. The smallest absolute Gasteiger partial charge is 0.239 e. The summed E-state index contributed by atoms with van der Waals surface area (Å²) in [7, 11) is 0. The van der Waals surface area contributed by atoms with Gasteiger partial charge in [0.2, 0.25) is 5.91 Å². The molecule has 2 N–H and O–H groups in total.